The maximum atomic E-state index is 13.5. The minimum absolute atomic E-state index is 0.100. The summed E-state index contributed by atoms with van der Waals surface area (Å²) in [5.41, 5.74) is 3.13. The Labute approximate surface area is 329 Å². The van der Waals surface area contributed by atoms with E-state index in [1.165, 1.54) is 6.33 Å². The molecule has 0 aliphatic carbocycles. The number of hydrogen-bond donors (Lipinski definition) is 1. The summed E-state index contributed by atoms with van der Waals surface area (Å²) in [6.07, 6.45) is 1.02. The van der Waals surface area contributed by atoms with Crippen LogP contribution < -0.4 is 14.8 Å². The lowest BCUT2D eigenvalue weighted by Crippen LogP contribution is -2.35. The summed E-state index contributed by atoms with van der Waals surface area (Å²) in [5.74, 6) is 0.805. The van der Waals surface area contributed by atoms with Crippen molar-refractivity contribution in [1.82, 2.24) is 19.5 Å². The van der Waals surface area contributed by atoms with Gasteiger partial charge in [0.2, 0.25) is 0 Å². The highest BCUT2D eigenvalue weighted by atomic mass is 16.6. The molecule has 1 amide bonds. The smallest absolute Gasteiger partial charge is 0.338 e. The Morgan fingerprint density at radius 1 is 0.719 bits per heavy atom. The lowest BCUT2D eigenvalue weighted by atomic mass is 9.80. The van der Waals surface area contributed by atoms with E-state index in [4.69, 9.17) is 23.7 Å². The Balaban J connectivity index is 1.15. The van der Waals surface area contributed by atoms with E-state index in [9.17, 15) is 9.59 Å². The molecule has 12 nitrogen and oxygen atoms in total. The van der Waals surface area contributed by atoms with E-state index < -0.39 is 30.0 Å². The van der Waals surface area contributed by atoms with Gasteiger partial charge in [0.15, 0.2) is 23.2 Å². The molecule has 1 saturated heterocycles. The number of aromatic nitrogens is 4. The maximum absolute atomic E-state index is 13.5. The van der Waals surface area contributed by atoms with Crippen molar-refractivity contribution >= 4 is 28.9 Å². The molecule has 12 heteroatoms. The van der Waals surface area contributed by atoms with Crippen molar-refractivity contribution in [2.45, 2.75) is 30.5 Å². The van der Waals surface area contributed by atoms with Crippen LogP contribution in [0.2, 0.25) is 0 Å². The van der Waals surface area contributed by atoms with Crippen LogP contribution in [0, 0.1) is 0 Å². The fourth-order valence-corrected chi connectivity index (χ4v) is 7.15. The lowest BCUT2D eigenvalue weighted by Gasteiger charge is -2.37. The fourth-order valence-electron chi connectivity index (χ4n) is 7.15. The molecule has 0 spiro atoms. The minimum Gasteiger partial charge on any atom is -0.497 e. The molecule has 0 unspecified atom stereocenters. The molecule has 0 radical (unpaired) electrons. The van der Waals surface area contributed by atoms with Gasteiger partial charge in [0, 0.05) is 12.0 Å². The number of ether oxygens (including phenoxy) is 5. The summed E-state index contributed by atoms with van der Waals surface area (Å²) in [4.78, 5) is 40.1. The number of nitrogens with zero attached hydrogens (tertiary/aromatic N) is 4. The minimum atomic E-state index is -1.10. The van der Waals surface area contributed by atoms with Crippen LogP contribution in [0.25, 0.3) is 11.2 Å². The van der Waals surface area contributed by atoms with Gasteiger partial charge in [-0.2, -0.15) is 0 Å². The molecule has 0 saturated carbocycles. The first-order valence-electron chi connectivity index (χ1n) is 18.4. The highest BCUT2D eigenvalue weighted by molar-refractivity contribution is 6.06. The van der Waals surface area contributed by atoms with E-state index in [0.717, 1.165) is 16.7 Å². The van der Waals surface area contributed by atoms with Crippen molar-refractivity contribution in [3.63, 3.8) is 0 Å². The number of anilines is 1. The first-order valence-corrected chi connectivity index (χ1v) is 18.4. The van der Waals surface area contributed by atoms with Crippen LogP contribution >= 0.6 is 0 Å². The summed E-state index contributed by atoms with van der Waals surface area (Å²) in [7, 11) is 3.26. The Morgan fingerprint density at radius 3 is 1.88 bits per heavy atom. The average Bonchev–Trinajstić information content (AvgIpc) is 3.89. The summed E-state index contributed by atoms with van der Waals surface area (Å²) >= 11 is 0. The zero-order valence-electron chi connectivity index (χ0n) is 31.2. The van der Waals surface area contributed by atoms with Gasteiger partial charge in [-0.05, 0) is 65.2 Å². The van der Waals surface area contributed by atoms with E-state index in [1.54, 1.807) is 73.6 Å². The number of hydrogen-bond acceptors (Lipinski definition) is 10. The van der Waals surface area contributed by atoms with Crippen molar-refractivity contribution in [3.05, 3.63) is 180 Å². The predicted octanol–water partition coefficient (Wildman–Crippen LogP) is 7.62. The van der Waals surface area contributed by atoms with Crippen molar-refractivity contribution < 1.29 is 33.3 Å². The molecule has 1 N–H and O–H groups in total. The maximum Gasteiger partial charge on any atom is 0.338 e. The number of carbonyl (C=O) groups excluding carboxylic acids is 2. The zero-order valence-corrected chi connectivity index (χ0v) is 31.2. The number of esters is 1. The second kappa shape index (κ2) is 16.5. The number of carbonyl (C=O) groups is 2. The van der Waals surface area contributed by atoms with Gasteiger partial charge in [-0.1, -0.05) is 91.0 Å². The van der Waals surface area contributed by atoms with Crippen LogP contribution in [0.4, 0.5) is 5.82 Å². The number of methoxy groups -OCH3 is 2. The third-order valence-electron chi connectivity index (χ3n) is 9.97. The molecule has 1 aliphatic rings. The third kappa shape index (κ3) is 7.56. The van der Waals surface area contributed by atoms with Gasteiger partial charge in [-0.25, -0.2) is 19.7 Å². The molecule has 2 aromatic heterocycles. The Hall–Kier alpha value is -6.89. The van der Waals surface area contributed by atoms with Crippen molar-refractivity contribution in [2.75, 3.05) is 26.1 Å². The highest BCUT2D eigenvalue weighted by Gasteiger charge is 2.44. The number of imidazole rings is 1. The lowest BCUT2D eigenvalue weighted by molar-refractivity contribution is -0.0870. The highest BCUT2D eigenvalue weighted by Crippen LogP contribution is 2.43. The van der Waals surface area contributed by atoms with E-state index in [1.807, 2.05) is 91.0 Å². The molecule has 7 aromatic rings. The number of benzene rings is 5. The molecule has 1 fully saturated rings. The van der Waals surface area contributed by atoms with Gasteiger partial charge in [-0.15, -0.1) is 0 Å². The normalized spacial score (nSPS) is 16.6. The molecule has 5 aromatic carbocycles. The van der Waals surface area contributed by atoms with Gasteiger partial charge < -0.3 is 29.0 Å². The molecule has 8 rings (SSSR count). The number of fused-ring (bicyclic) bond motifs is 1. The van der Waals surface area contributed by atoms with Crippen molar-refractivity contribution in [3.8, 4) is 11.5 Å². The monoisotopic (exact) mass is 761 g/mol. The zero-order chi connectivity index (χ0) is 39.2. The predicted molar refractivity (Wildman–Crippen MR) is 212 cm³/mol. The van der Waals surface area contributed by atoms with Crippen LogP contribution in [-0.4, -0.2) is 64.4 Å². The van der Waals surface area contributed by atoms with E-state index in [2.05, 4.69) is 20.3 Å². The second-order valence-corrected chi connectivity index (χ2v) is 13.4. The van der Waals surface area contributed by atoms with Crippen LogP contribution in [0.3, 0.4) is 0 Å². The van der Waals surface area contributed by atoms with Crippen molar-refractivity contribution in [2.24, 2.45) is 0 Å². The standard InChI is InChI=1S/C45H39N5O7/c1-53-35-22-18-33(19-23-35)45(32-16-10-5-11-17-32,34-20-24-36(54-2)25-21-34)55-27-37-26-38(57-44(52)31-14-8-4-9-15-31)43(56-37)50-29-48-39-40(46-28-47-41(39)50)49-42(51)30-12-6-3-7-13-30/h3-25,28-29,37-38,43H,26-27H2,1-2H3,(H,46,47,49,51)/t37-,38+,43+/m0/s1. The van der Waals surface area contributed by atoms with Gasteiger partial charge in [0.05, 0.1) is 38.8 Å². The number of amides is 1. The molecule has 3 atom stereocenters. The van der Waals surface area contributed by atoms with Crippen LogP contribution in [-0.2, 0) is 19.8 Å². The molecular formula is C45H39N5O7. The average molecular weight is 762 g/mol. The number of nitrogens with one attached hydrogen (secondary N) is 1. The van der Waals surface area contributed by atoms with Crippen LogP contribution in [0.1, 0.15) is 50.1 Å². The van der Waals surface area contributed by atoms with E-state index >= 15 is 0 Å². The SMILES string of the molecule is COc1ccc(C(OC[C@@H]2C[C@@H](OC(=O)c3ccccc3)[C@H](n3cnc4c(NC(=O)c5ccccc5)ncnc43)O2)(c2ccccc2)c2ccc(OC)cc2)cc1. The molecule has 3 heterocycles. The van der Waals surface area contributed by atoms with Crippen LogP contribution in [0.15, 0.2) is 152 Å². The molecule has 57 heavy (non-hydrogen) atoms. The number of rotatable bonds is 13. The van der Waals surface area contributed by atoms with Gasteiger partial charge in [0.1, 0.15) is 29.5 Å². The quantitative estimate of drug-likeness (QED) is 0.0924. The largest absolute Gasteiger partial charge is 0.497 e. The summed E-state index contributed by atoms with van der Waals surface area (Å²) in [5, 5.41) is 2.85. The second-order valence-electron chi connectivity index (χ2n) is 13.4. The van der Waals surface area contributed by atoms with E-state index in [-0.39, 0.29) is 18.3 Å². The summed E-state index contributed by atoms with van der Waals surface area (Å²) in [6, 6.07) is 43.2. The molecule has 1 aliphatic heterocycles. The van der Waals surface area contributed by atoms with E-state index in [0.29, 0.717) is 40.2 Å². The summed E-state index contributed by atoms with van der Waals surface area (Å²) < 4.78 is 32.8. The van der Waals surface area contributed by atoms with Gasteiger partial charge >= 0.3 is 5.97 Å². The fraction of sp³-hybridized carbons (Fsp3) is 0.178. The molecule has 286 valence electrons. The first kappa shape index (κ1) is 37.1. The molecule has 0 bridgehead atoms. The van der Waals surface area contributed by atoms with Gasteiger partial charge in [0.25, 0.3) is 5.91 Å². The summed E-state index contributed by atoms with van der Waals surface area (Å²) in [6.45, 7) is 0.100. The topological polar surface area (TPSA) is 136 Å². The Bertz CT molecular complexity index is 2400. The molecular weight excluding hydrogens is 723 g/mol. The first-order chi connectivity index (χ1) is 28.0. The Morgan fingerprint density at radius 2 is 1.28 bits per heavy atom. The van der Waals surface area contributed by atoms with Crippen molar-refractivity contribution in [1.29, 1.82) is 0 Å². The Kier molecular flexibility index (Phi) is 10.7. The third-order valence-corrected chi connectivity index (χ3v) is 9.97. The van der Waals surface area contributed by atoms with Crippen LogP contribution in [0.5, 0.6) is 11.5 Å². The van der Waals surface area contributed by atoms with Gasteiger partial charge in [-0.3, -0.25) is 9.36 Å².